The molecule has 0 aliphatic heterocycles. The van der Waals surface area contributed by atoms with Gasteiger partial charge >= 0.3 is 0 Å². The van der Waals surface area contributed by atoms with Crippen LogP contribution in [0.5, 0.6) is 0 Å². The van der Waals surface area contributed by atoms with E-state index in [2.05, 4.69) is 12.6 Å². The first-order valence-electron chi connectivity index (χ1n) is 6.75. The molecule has 1 aliphatic rings. The first kappa shape index (κ1) is 13.5. The molecule has 1 amide bonds. The molecule has 0 N–H and O–H groups in total. The zero-order valence-corrected chi connectivity index (χ0v) is 11.8. The van der Waals surface area contributed by atoms with Gasteiger partial charge < -0.3 is 4.90 Å². The van der Waals surface area contributed by atoms with Crippen LogP contribution in [0.3, 0.4) is 0 Å². The number of nitrogens with zero attached hydrogens (tertiary/aromatic N) is 1. The van der Waals surface area contributed by atoms with E-state index < -0.39 is 0 Å². The van der Waals surface area contributed by atoms with Crippen LogP contribution in [0.25, 0.3) is 0 Å². The summed E-state index contributed by atoms with van der Waals surface area (Å²) >= 11 is 4.37. The number of benzene rings is 1. The quantitative estimate of drug-likeness (QED) is 0.636. The van der Waals surface area contributed by atoms with Gasteiger partial charge in [-0.15, -0.1) is 12.6 Å². The van der Waals surface area contributed by atoms with E-state index in [0.29, 0.717) is 11.6 Å². The molecule has 0 spiro atoms. The van der Waals surface area contributed by atoms with Crippen LogP contribution in [-0.4, -0.2) is 23.9 Å². The molecule has 0 heterocycles. The van der Waals surface area contributed by atoms with Crippen molar-refractivity contribution in [2.45, 2.75) is 49.5 Å². The summed E-state index contributed by atoms with van der Waals surface area (Å²) in [6, 6.07) is 7.93. The highest BCUT2D eigenvalue weighted by molar-refractivity contribution is 7.80. The first-order chi connectivity index (χ1) is 8.70. The average Bonchev–Trinajstić information content (AvgIpc) is 2.66. The lowest BCUT2D eigenvalue weighted by molar-refractivity contribution is 0.0714. The second-order valence-corrected chi connectivity index (χ2v) is 5.56. The SMILES string of the molecule is CN(C(=O)c1ccccc1S)C1CCCCCC1. The molecule has 1 saturated carbocycles. The molecule has 1 aliphatic carbocycles. The molecule has 1 fully saturated rings. The van der Waals surface area contributed by atoms with Crippen molar-refractivity contribution >= 4 is 18.5 Å². The molecule has 2 rings (SSSR count). The molecular formula is C15H21NOS. The predicted octanol–water partition coefficient (Wildman–Crippen LogP) is 3.77. The van der Waals surface area contributed by atoms with E-state index in [9.17, 15) is 4.79 Å². The molecule has 0 radical (unpaired) electrons. The fourth-order valence-corrected chi connectivity index (χ4v) is 2.91. The number of thiol groups is 1. The molecule has 0 saturated heterocycles. The number of rotatable bonds is 2. The van der Waals surface area contributed by atoms with Crippen molar-refractivity contribution in [3.05, 3.63) is 29.8 Å². The molecular weight excluding hydrogens is 242 g/mol. The Morgan fingerprint density at radius 3 is 2.39 bits per heavy atom. The maximum Gasteiger partial charge on any atom is 0.254 e. The summed E-state index contributed by atoms with van der Waals surface area (Å²) in [5.74, 6) is 0.104. The second-order valence-electron chi connectivity index (χ2n) is 5.08. The second kappa shape index (κ2) is 6.28. The zero-order valence-electron chi connectivity index (χ0n) is 10.9. The van der Waals surface area contributed by atoms with Gasteiger partial charge in [0.2, 0.25) is 0 Å². The van der Waals surface area contributed by atoms with E-state index in [-0.39, 0.29) is 5.91 Å². The van der Waals surface area contributed by atoms with Crippen LogP contribution in [0.4, 0.5) is 0 Å². The van der Waals surface area contributed by atoms with Crippen LogP contribution in [-0.2, 0) is 0 Å². The van der Waals surface area contributed by atoms with E-state index in [1.807, 2.05) is 36.2 Å². The maximum atomic E-state index is 12.5. The van der Waals surface area contributed by atoms with Crippen molar-refractivity contribution in [2.24, 2.45) is 0 Å². The Kier molecular flexibility index (Phi) is 4.70. The smallest absolute Gasteiger partial charge is 0.254 e. The number of carbonyl (C=O) groups excluding carboxylic acids is 1. The zero-order chi connectivity index (χ0) is 13.0. The normalized spacial score (nSPS) is 17.2. The summed E-state index contributed by atoms with van der Waals surface area (Å²) in [4.78, 5) is 15.1. The van der Waals surface area contributed by atoms with E-state index in [4.69, 9.17) is 0 Å². The fourth-order valence-electron chi connectivity index (χ4n) is 2.66. The van der Waals surface area contributed by atoms with Gasteiger partial charge in [0, 0.05) is 18.0 Å². The molecule has 98 valence electrons. The van der Waals surface area contributed by atoms with Crippen molar-refractivity contribution < 1.29 is 4.79 Å². The molecule has 0 unspecified atom stereocenters. The summed E-state index contributed by atoms with van der Waals surface area (Å²) in [5.41, 5.74) is 0.715. The van der Waals surface area contributed by atoms with Crippen molar-refractivity contribution in [1.29, 1.82) is 0 Å². The minimum atomic E-state index is 0.104. The van der Waals surface area contributed by atoms with Gasteiger partial charge in [-0.3, -0.25) is 4.79 Å². The van der Waals surface area contributed by atoms with Crippen molar-refractivity contribution in [3.8, 4) is 0 Å². The minimum Gasteiger partial charge on any atom is -0.339 e. The monoisotopic (exact) mass is 263 g/mol. The van der Waals surface area contributed by atoms with Crippen molar-refractivity contribution in [3.63, 3.8) is 0 Å². The Bertz CT molecular complexity index is 411. The largest absolute Gasteiger partial charge is 0.339 e. The Balaban J connectivity index is 2.10. The van der Waals surface area contributed by atoms with Crippen molar-refractivity contribution in [2.75, 3.05) is 7.05 Å². The fraction of sp³-hybridized carbons (Fsp3) is 0.533. The molecule has 0 atom stereocenters. The Hall–Kier alpha value is -0.960. The maximum absolute atomic E-state index is 12.5. The van der Waals surface area contributed by atoms with Gasteiger partial charge in [0.25, 0.3) is 5.91 Å². The summed E-state index contributed by atoms with van der Waals surface area (Å²) in [5, 5.41) is 0. The Morgan fingerprint density at radius 1 is 1.17 bits per heavy atom. The molecule has 18 heavy (non-hydrogen) atoms. The minimum absolute atomic E-state index is 0.104. The van der Waals surface area contributed by atoms with Crippen LogP contribution in [0.2, 0.25) is 0 Å². The summed E-state index contributed by atoms with van der Waals surface area (Å²) in [6.07, 6.45) is 7.37. The average molecular weight is 263 g/mol. The molecule has 2 nitrogen and oxygen atoms in total. The number of hydrogen-bond donors (Lipinski definition) is 1. The van der Waals surface area contributed by atoms with Crippen LogP contribution >= 0.6 is 12.6 Å². The lowest BCUT2D eigenvalue weighted by Gasteiger charge is -2.27. The number of amides is 1. The van der Waals surface area contributed by atoms with E-state index >= 15 is 0 Å². The van der Waals surface area contributed by atoms with Gasteiger partial charge in [-0.05, 0) is 25.0 Å². The molecule has 1 aromatic carbocycles. The van der Waals surface area contributed by atoms with Gasteiger partial charge in [-0.2, -0.15) is 0 Å². The van der Waals surface area contributed by atoms with Gasteiger partial charge in [0.05, 0.1) is 5.56 Å². The van der Waals surface area contributed by atoms with Crippen LogP contribution in [0, 0.1) is 0 Å². The summed E-state index contributed by atoms with van der Waals surface area (Å²) in [6.45, 7) is 0. The lowest BCUT2D eigenvalue weighted by Crippen LogP contribution is -2.36. The standard InChI is InChI=1S/C15H21NOS/c1-16(12-8-4-2-3-5-9-12)15(17)13-10-6-7-11-14(13)18/h6-7,10-12,18H,2-5,8-9H2,1H3. The first-order valence-corrected chi connectivity index (χ1v) is 7.20. The van der Waals surface area contributed by atoms with Gasteiger partial charge in [-0.25, -0.2) is 0 Å². The van der Waals surface area contributed by atoms with Gasteiger partial charge in [-0.1, -0.05) is 37.8 Å². The Labute approximate surface area is 115 Å². The highest BCUT2D eigenvalue weighted by Gasteiger charge is 2.22. The molecule has 0 bridgehead atoms. The third-order valence-corrected chi connectivity index (χ3v) is 4.22. The number of carbonyl (C=O) groups is 1. The highest BCUT2D eigenvalue weighted by Crippen LogP contribution is 2.23. The van der Waals surface area contributed by atoms with E-state index in [0.717, 1.165) is 17.7 Å². The highest BCUT2D eigenvalue weighted by atomic mass is 32.1. The van der Waals surface area contributed by atoms with Crippen LogP contribution < -0.4 is 0 Å². The Morgan fingerprint density at radius 2 is 1.78 bits per heavy atom. The van der Waals surface area contributed by atoms with Crippen LogP contribution in [0.15, 0.2) is 29.2 Å². The third kappa shape index (κ3) is 3.08. The summed E-state index contributed by atoms with van der Waals surface area (Å²) < 4.78 is 0. The number of hydrogen-bond acceptors (Lipinski definition) is 2. The summed E-state index contributed by atoms with van der Waals surface area (Å²) in [7, 11) is 1.93. The van der Waals surface area contributed by atoms with E-state index in [1.165, 1.54) is 25.7 Å². The third-order valence-electron chi connectivity index (χ3n) is 3.83. The molecule has 0 aromatic heterocycles. The van der Waals surface area contributed by atoms with Crippen LogP contribution in [0.1, 0.15) is 48.9 Å². The topological polar surface area (TPSA) is 20.3 Å². The lowest BCUT2D eigenvalue weighted by atomic mass is 10.1. The predicted molar refractivity (Wildman–Crippen MR) is 77.3 cm³/mol. The molecule has 1 aromatic rings. The van der Waals surface area contributed by atoms with Gasteiger partial charge in [0.15, 0.2) is 0 Å². The van der Waals surface area contributed by atoms with Gasteiger partial charge in [0.1, 0.15) is 0 Å². The van der Waals surface area contributed by atoms with Crippen molar-refractivity contribution in [1.82, 2.24) is 4.90 Å². The molecule has 3 heteroatoms. The van der Waals surface area contributed by atoms with E-state index in [1.54, 1.807) is 0 Å².